The molecule has 0 fully saturated rings. The first kappa shape index (κ1) is 23.4. The fourth-order valence-electron chi connectivity index (χ4n) is 3.74. The normalized spacial score (nSPS) is 11.7. The van der Waals surface area contributed by atoms with Crippen molar-refractivity contribution < 1.29 is 43.9 Å². The van der Waals surface area contributed by atoms with E-state index in [2.05, 4.69) is 6.58 Å². The quantitative estimate of drug-likeness (QED) is 0.207. The van der Waals surface area contributed by atoms with Gasteiger partial charge in [0, 0.05) is 0 Å². The Balaban J connectivity index is 2.58. The van der Waals surface area contributed by atoms with E-state index in [1.807, 2.05) is 0 Å². The van der Waals surface area contributed by atoms with Gasteiger partial charge in [0.05, 0.1) is 6.15 Å². The summed E-state index contributed by atoms with van der Waals surface area (Å²) in [5.74, 6) is -25.0. The van der Waals surface area contributed by atoms with Crippen LogP contribution < -0.4 is 10.9 Å². The van der Waals surface area contributed by atoms with Gasteiger partial charge >= 0.3 is 0 Å². The standard InChI is InChI=1S/C21H10BF10/c1-8(9-6-4-3-5-7-9)22(2,10-12(23)16(27)20(31)17(28)13(10)24)11-14(25)18(29)21(32)19(30)15(11)26/h3-7H,1H2,2H3/q-1. The summed E-state index contributed by atoms with van der Waals surface area (Å²) in [5, 5.41) is 0. The van der Waals surface area contributed by atoms with Gasteiger partial charge in [-0.2, -0.15) is 12.3 Å². The molecular weight excluding hydrogens is 453 g/mol. The second kappa shape index (κ2) is 8.03. The van der Waals surface area contributed by atoms with Crippen LogP contribution in [-0.2, 0) is 0 Å². The second-order valence-corrected chi connectivity index (χ2v) is 7.16. The van der Waals surface area contributed by atoms with Crippen molar-refractivity contribution in [2.75, 3.05) is 0 Å². The van der Waals surface area contributed by atoms with E-state index in [1.54, 1.807) is 0 Å². The van der Waals surface area contributed by atoms with Gasteiger partial charge in [0.2, 0.25) is 0 Å². The maximum absolute atomic E-state index is 14.8. The van der Waals surface area contributed by atoms with E-state index in [4.69, 9.17) is 0 Å². The van der Waals surface area contributed by atoms with Gasteiger partial charge in [0.15, 0.2) is 34.9 Å². The van der Waals surface area contributed by atoms with Crippen LogP contribution in [0.5, 0.6) is 0 Å². The Kier molecular flexibility index (Phi) is 5.88. The fourth-order valence-corrected chi connectivity index (χ4v) is 3.74. The monoisotopic (exact) mass is 463 g/mol. The molecule has 3 aromatic rings. The molecule has 11 heteroatoms. The summed E-state index contributed by atoms with van der Waals surface area (Å²) in [5.41, 5.74) is -4.31. The van der Waals surface area contributed by atoms with Crippen molar-refractivity contribution in [2.24, 2.45) is 0 Å². The maximum atomic E-state index is 14.8. The maximum Gasteiger partial charge on any atom is 0.200 e. The summed E-state index contributed by atoms with van der Waals surface area (Å²) in [7, 11) is 0. The van der Waals surface area contributed by atoms with Gasteiger partial charge in [-0.05, 0) is 0 Å². The molecule has 3 rings (SSSR count). The van der Waals surface area contributed by atoms with Gasteiger partial charge in [-0.1, -0.05) is 35.9 Å². The number of hydrogen-bond acceptors (Lipinski definition) is 0. The highest BCUT2D eigenvalue weighted by molar-refractivity contribution is 7.14. The zero-order valence-electron chi connectivity index (χ0n) is 16.0. The van der Waals surface area contributed by atoms with Crippen LogP contribution in [0.25, 0.3) is 5.47 Å². The molecule has 0 nitrogen and oxygen atoms in total. The third-order valence-corrected chi connectivity index (χ3v) is 5.48. The fraction of sp³-hybridized carbons (Fsp3) is 0.0476. The van der Waals surface area contributed by atoms with Gasteiger partial charge in [0.1, 0.15) is 23.3 Å². The van der Waals surface area contributed by atoms with Crippen molar-refractivity contribution in [1.29, 1.82) is 0 Å². The molecule has 0 saturated heterocycles. The van der Waals surface area contributed by atoms with E-state index in [0.717, 1.165) is 0 Å². The van der Waals surface area contributed by atoms with Crippen LogP contribution >= 0.6 is 0 Å². The molecular formula is C21H10BF10-. The molecule has 0 aliphatic carbocycles. The topological polar surface area (TPSA) is 0 Å². The van der Waals surface area contributed by atoms with Crippen LogP contribution in [-0.4, -0.2) is 6.15 Å². The first-order valence-corrected chi connectivity index (χ1v) is 8.85. The predicted molar refractivity (Wildman–Crippen MR) is 98.8 cm³/mol. The third kappa shape index (κ3) is 3.18. The van der Waals surface area contributed by atoms with Crippen LogP contribution in [0, 0.1) is 58.2 Å². The summed E-state index contributed by atoms with van der Waals surface area (Å²) >= 11 is 0. The number of rotatable bonds is 4. The van der Waals surface area contributed by atoms with Crippen LogP contribution in [0.2, 0.25) is 6.82 Å². The predicted octanol–water partition coefficient (Wildman–Crippen LogP) is 5.52. The first-order valence-electron chi connectivity index (χ1n) is 8.85. The van der Waals surface area contributed by atoms with Crippen molar-refractivity contribution in [2.45, 2.75) is 6.82 Å². The second-order valence-electron chi connectivity index (χ2n) is 7.16. The smallest absolute Gasteiger partial charge is 0.200 e. The highest BCUT2D eigenvalue weighted by Gasteiger charge is 2.41. The van der Waals surface area contributed by atoms with Crippen molar-refractivity contribution >= 4 is 22.5 Å². The summed E-state index contributed by atoms with van der Waals surface area (Å²) in [4.78, 5) is 0. The molecule has 0 amide bonds. The minimum atomic E-state index is -4.05. The Labute approximate surface area is 174 Å². The van der Waals surface area contributed by atoms with Crippen molar-refractivity contribution in [3.8, 4) is 0 Å². The van der Waals surface area contributed by atoms with Crippen LogP contribution in [0.4, 0.5) is 43.9 Å². The Morgan fingerprint density at radius 1 is 0.531 bits per heavy atom. The van der Waals surface area contributed by atoms with Crippen LogP contribution in [0.3, 0.4) is 0 Å². The number of benzene rings is 3. The van der Waals surface area contributed by atoms with E-state index < -0.39 is 80.7 Å². The minimum Gasteiger partial charge on any atom is -0.207 e. The Hall–Kier alpha value is -3.24. The van der Waals surface area contributed by atoms with Gasteiger partial charge in [-0.25, -0.2) is 43.9 Å². The molecule has 32 heavy (non-hydrogen) atoms. The molecule has 0 aromatic heterocycles. The van der Waals surface area contributed by atoms with E-state index in [9.17, 15) is 43.9 Å². The molecule has 0 unspecified atom stereocenters. The van der Waals surface area contributed by atoms with Crippen molar-refractivity contribution in [1.82, 2.24) is 0 Å². The Morgan fingerprint density at radius 3 is 1.12 bits per heavy atom. The summed E-state index contributed by atoms with van der Waals surface area (Å²) in [6, 6.07) is 6.56. The van der Waals surface area contributed by atoms with E-state index in [1.165, 1.54) is 30.3 Å². The molecule has 0 aliphatic rings. The lowest BCUT2D eigenvalue weighted by atomic mass is 9.16. The number of halogens is 10. The van der Waals surface area contributed by atoms with Gasteiger partial charge in [0.25, 0.3) is 0 Å². The lowest BCUT2D eigenvalue weighted by Gasteiger charge is -2.41. The third-order valence-electron chi connectivity index (χ3n) is 5.48. The minimum absolute atomic E-state index is 0.108. The summed E-state index contributed by atoms with van der Waals surface area (Å²) < 4.78 is 142. The molecule has 0 heterocycles. The molecule has 0 spiro atoms. The van der Waals surface area contributed by atoms with Gasteiger partial charge in [-0.15, -0.1) is 17.5 Å². The van der Waals surface area contributed by atoms with Gasteiger partial charge < -0.3 is 0 Å². The van der Waals surface area contributed by atoms with Crippen LogP contribution in [0.15, 0.2) is 36.9 Å². The molecule has 0 atom stereocenters. The average molecular weight is 463 g/mol. The Bertz CT molecular complexity index is 1130. The van der Waals surface area contributed by atoms with Crippen molar-refractivity contribution in [3.05, 3.63) is 101 Å². The lowest BCUT2D eigenvalue weighted by molar-refractivity contribution is 0.382. The molecule has 168 valence electrons. The molecule has 0 bridgehead atoms. The zero-order valence-corrected chi connectivity index (χ0v) is 16.0. The molecule has 0 saturated carbocycles. The number of hydrogen-bond donors (Lipinski definition) is 0. The largest absolute Gasteiger partial charge is 0.207 e. The first-order chi connectivity index (χ1) is 14.9. The summed E-state index contributed by atoms with van der Waals surface area (Å²) in [6.45, 7) is 4.06. The SMILES string of the molecule is C=C(c1ccccc1)[B-](C)(c1c(F)c(F)c(F)c(F)c1F)c1c(F)c(F)c(F)c(F)c1F. The summed E-state index contributed by atoms with van der Waals surface area (Å²) in [6.07, 6.45) is -4.05. The molecule has 0 radical (unpaired) electrons. The van der Waals surface area contributed by atoms with E-state index >= 15 is 0 Å². The van der Waals surface area contributed by atoms with Crippen molar-refractivity contribution in [3.63, 3.8) is 0 Å². The molecule has 3 aromatic carbocycles. The van der Waals surface area contributed by atoms with Gasteiger partial charge in [-0.3, -0.25) is 0 Å². The Morgan fingerprint density at radius 2 is 0.812 bits per heavy atom. The lowest BCUT2D eigenvalue weighted by Crippen LogP contribution is -2.62. The highest BCUT2D eigenvalue weighted by atomic mass is 19.2. The van der Waals surface area contributed by atoms with Crippen LogP contribution in [0.1, 0.15) is 5.56 Å². The zero-order chi connectivity index (χ0) is 24.1. The van der Waals surface area contributed by atoms with E-state index in [-0.39, 0.29) is 5.56 Å². The average Bonchev–Trinajstić information content (AvgIpc) is 2.79. The van der Waals surface area contributed by atoms with E-state index in [0.29, 0.717) is 6.82 Å². The molecule has 0 aliphatic heterocycles. The highest BCUT2D eigenvalue weighted by Crippen LogP contribution is 2.31. The molecule has 0 N–H and O–H groups in total.